The molecule has 5 rings (SSSR count). The zero-order chi connectivity index (χ0) is 26.0. The summed E-state index contributed by atoms with van der Waals surface area (Å²) in [7, 11) is 0. The van der Waals surface area contributed by atoms with E-state index < -0.39 is 0 Å². The molecule has 0 aliphatic carbocycles. The van der Waals surface area contributed by atoms with Gasteiger partial charge in [-0.3, -0.25) is 14.6 Å². The van der Waals surface area contributed by atoms with E-state index in [1.54, 1.807) is 6.33 Å². The summed E-state index contributed by atoms with van der Waals surface area (Å²) in [5.41, 5.74) is 3.82. The van der Waals surface area contributed by atoms with Gasteiger partial charge in [-0.1, -0.05) is 30.3 Å². The van der Waals surface area contributed by atoms with Gasteiger partial charge in [0.25, 0.3) is 5.91 Å². The van der Waals surface area contributed by atoms with E-state index in [2.05, 4.69) is 69.3 Å². The number of nitrogens with one attached hydrogen (secondary N) is 1. The second kappa shape index (κ2) is 11.2. The molecular formula is C30H44N6O. The third-order valence-electron chi connectivity index (χ3n) is 9.29. The van der Waals surface area contributed by atoms with Crippen molar-refractivity contribution in [3.63, 3.8) is 0 Å². The molecule has 3 fully saturated rings. The first kappa shape index (κ1) is 26.3. The average Bonchev–Trinajstić information content (AvgIpc) is 2.91. The highest BCUT2D eigenvalue weighted by molar-refractivity contribution is 5.96. The van der Waals surface area contributed by atoms with Crippen LogP contribution < -0.4 is 5.32 Å². The topological polar surface area (TPSA) is 64.6 Å². The maximum atomic E-state index is 13.3. The van der Waals surface area contributed by atoms with Gasteiger partial charge in [0.2, 0.25) is 0 Å². The van der Waals surface area contributed by atoms with Gasteiger partial charge in [-0.25, -0.2) is 9.97 Å². The van der Waals surface area contributed by atoms with E-state index in [0.29, 0.717) is 23.6 Å². The van der Waals surface area contributed by atoms with E-state index in [1.807, 2.05) is 18.7 Å². The van der Waals surface area contributed by atoms with E-state index in [0.717, 1.165) is 70.0 Å². The summed E-state index contributed by atoms with van der Waals surface area (Å²) in [5.74, 6) is 0.742. The van der Waals surface area contributed by atoms with Crippen molar-refractivity contribution in [1.29, 1.82) is 0 Å². The van der Waals surface area contributed by atoms with Crippen LogP contribution in [0.5, 0.6) is 0 Å². The quantitative estimate of drug-likeness (QED) is 0.668. The summed E-state index contributed by atoms with van der Waals surface area (Å²) >= 11 is 0. The van der Waals surface area contributed by atoms with Crippen molar-refractivity contribution >= 4 is 5.91 Å². The Labute approximate surface area is 222 Å². The minimum Gasteiger partial charge on any atom is -0.338 e. The van der Waals surface area contributed by atoms with E-state index >= 15 is 0 Å². The predicted octanol–water partition coefficient (Wildman–Crippen LogP) is 3.84. The molecule has 1 aromatic carbocycles. The molecule has 0 radical (unpaired) electrons. The molecule has 200 valence electrons. The van der Waals surface area contributed by atoms with Gasteiger partial charge in [0, 0.05) is 50.3 Å². The molecule has 4 heterocycles. The fourth-order valence-corrected chi connectivity index (χ4v) is 6.98. The number of carbonyl (C=O) groups excluding carboxylic acids is 1. The number of likely N-dealkylation sites (tertiary alicyclic amines) is 1. The van der Waals surface area contributed by atoms with E-state index in [-0.39, 0.29) is 11.4 Å². The third kappa shape index (κ3) is 5.45. The Bertz CT molecular complexity index is 1040. The lowest BCUT2D eigenvalue weighted by Gasteiger charge is -2.54. The first-order chi connectivity index (χ1) is 17.9. The summed E-state index contributed by atoms with van der Waals surface area (Å²) in [6.07, 6.45) is 6.12. The normalized spacial score (nSPS) is 26.1. The Morgan fingerprint density at radius 3 is 2.38 bits per heavy atom. The summed E-state index contributed by atoms with van der Waals surface area (Å²) in [6, 6.07) is 12.1. The number of hydrogen-bond acceptors (Lipinski definition) is 6. The fourth-order valence-electron chi connectivity index (χ4n) is 6.98. The van der Waals surface area contributed by atoms with Gasteiger partial charge in [-0.15, -0.1) is 0 Å². The van der Waals surface area contributed by atoms with Crippen molar-refractivity contribution in [1.82, 2.24) is 30.0 Å². The molecule has 0 bridgehead atoms. The molecule has 0 saturated carbocycles. The molecule has 1 aromatic heterocycles. The molecule has 3 unspecified atom stereocenters. The van der Waals surface area contributed by atoms with Crippen LogP contribution in [0.1, 0.15) is 72.9 Å². The Morgan fingerprint density at radius 1 is 1.05 bits per heavy atom. The molecule has 37 heavy (non-hydrogen) atoms. The number of aryl methyl sites for hydroxylation is 2. The predicted molar refractivity (Wildman–Crippen MR) is 148 cm³/mol. The van der Waals surface area contributed by atoms with Crippen LogP contribution in [0.4, 0.5) is 0 Å². The van der Waals surface area contributed by atoms with Gasteiger partial charge >= 0.3 is 0 Å². The third-order valence-corrected chi connectivity index (χ3v) is 9.29. The van der Waals surface area contributed by atoms with E-state index in [4.69, 9.17) is 0 Å². The molecule has 7 heteroatoms. The molecule has 0 spiro atoms. The van der Waals surface area contributed by atoms with Crippen molar-refractivity contribution in [2.24, 2.45) is 5.92 Å². The van der Waals surface area contributed by atoms with Crippen molar-refractivity contribution in [2.75, 3.05) is 45.8 Å². The Hall–Kier alpha value is -2.35. The van der Waals surface area contributed by atoms with Crippen molar-refractivity contribution in [3.8, 4) is 0 Å². The standard InChI is InChI=1S/C30H44N6O/c1-22-20-35(17-18-36(22)28(25-9-6-5-7-10-25)26-11-8-14-31-19-26)30(4)12-15-34(16-13-30)29(37)27-23(2)32-21-33-24(27)3/h5-7,9-10,21-22,26,28,31H,8,11-20H2,1-4H3. The van der Waals surface area contributed by atoms with Crippen molar-refractivity contribution < 1.29 is 4.79 Å². The van der Waals surface area contributed by atoms with Crippen LogP contribution in [-0.2, 0) is 0 Å². The summed E-state index contributed by atoms with van der Waals surface area (Å²) < 4.78 is 0. The zero-order valence-electron chi connectivity index (χ0n) is 23.1. The van der Waals surface area contributed by atoms with Crippen LogP contribution >= 0.6 is 0 Å². The largest absolute Gasteiger partial charge is 0.338 e. The van der Waals surface area contributed by atoms with Crippen molar-refractivity contribution in [2.45, 2.75) is 71.0 Å². The second-order valence-electron chi connectivity index (χ2n) is 11.7. The van der Waals surface area contributed by atoms with Crippen LogP contribution in [-0.4, -0.2) is 88.0 Å². The summed E-state index contributed by atoms with van der Waals surface area (Å²) in [4.78, 5) is 29.4. The lowest BCUT2D eigenvalue weighted by atomic mass is 9.83. The molecule has 3 aliphatic rings. The average molecular weight is 505 g/mol. The van der Waals surface area contributed by atoms with Crippen LogP contribution in [0, 0.1) is 19.8 Å². The molecule has 3 saturated heterocycles. The minimum absolute atomic E-state index is 0.0858. The van der Waals surface area contributed by atoms with Gasteiger partial charge < -0.3 is 10.2 Å². The summed E-state index contributed by atoms with van der Waals surface area (Å²) in [5, 5.41) is 3.66. The molecule has 2 aromatic rings. The number of piperazine rings is 1. The first-order valence-electron chi connectivity index (χ1n) is 14.2. The number of nitrogens with zero attached hydrogens (tertiary/aromatic N) is 5. The van der Waals surface area contributed by atoms with E-state index in [9.17, 15) is 4.79 Å². The number of carbonyl (C=O) groups is 1. The Kier molecular flexibility index (Phi) is 7.93. The maximum absolute atomic E-state index is 13.3. The van der Waals surface area contributed by atoms with E-state index in [1.165, 1.54) is 18.4 Å². The smallest absolute Gasteiger partial charge is 0.257 e. The number of piperidine rings is 2. The van der Waals surface area contributed by atoms with Gasteiger partial charge in [0.15, 0.2) is 0 Å². The molecule has 1 amide bonds. The highest BCUT2D eigenvalue weighted by atomic mass is 16.2. The Balaban J connectivity index is 1.24. The molecule has 3 atom stereocenters. The summed E-state index contributed by atoms with van der Waals surface area (Å²) in [6.45, 7) is 15.7. The number of rotatable bonds is 5. The number of benzene rings is 1. The molecular weight excluding hydrogens is 460 g/mol. The van der Waals surface area contributed by atoms with Gasteiger partial charge in [0.05, 0.1) is 17.0 Å². The molecule has 3 aliphatic heterocycles. The number of hydrogen-bond donors (Lipinski definition) is 1. The van der Waals surface area contributed by atoms with Gasteiger partial charge in [-0.2, -0.15) is 0 Å². The van der Waals surface area contributed by atoms with Crippen LogP contribution in [0.25, 0.3) is 0 Å². The SMILES string of the molecule is Cc1ncnc(C)c1C(=O)N1CCC(C)(N2CCN(C(c3ccccc3)C3CCCNC3)C(C)C2)CC1. The highest BCUT2D eigenvalue weighted by Crippen LogP contribution is 2.38. The molecule has 7 nitrogen and oxygen atoms in total. The minimum atomic E-state index is 0.0858. The number of amides is 1. The highest BCUT2D eigenvalue weighted by Gasteiger charge is 2.42. The Morgan fingerprint density at radius 2 is 1.76 bits per heavy atom. The van der Waals surface area contributed by atoms with Gasteiger partial charge in [-0.05, 0) is 77.9 Å². The molecule has 1 N–H and O–H groups in total. The lowest BCUT2D eigenvalue weighted by Crippen LogP contribution is -2.63. The monoisotopic (exact) mass is 504 g/mol. The first-order valence-corrected chi connectivity index (χ1v) is 14.2. The maximum Gasteiger partial charge on any atom is 0.257 e. The van der Waals surface area contributed by atoms with Crippen molar-refractivity contribution in [3.05, 3.63) is 59.2 Å². The zero-order valence-corrected chi connectivity index (χ0v) is 23.1. The number of aromatic nitrogens is 2. The lowest BCUT2D eigenvalue weighted by molar-refractivity contribution is -0.0403. The fraction of sp³-hybridized carbons (Fsp3) is 0.633. The van der Waals surface area contributed by atoms with Crippen LogP contribution in [0.15, 0.2) is 36.7 Å². The second-order valence-corrected chi connectivity index (χ2v) is 11.7. The van der Waals surface area contributed by atoms with Gasteiger partial charge in [0.1, 0.15) is 6.33 Å². The van der Waals surface area contributed by atoms with Crippen LogP contribution in [0.3, 0.4) is 0 Å². The van der Waals surface area contributed by atoms with Crippen LogP contribution in [0.2, 0.25) is 0 Å².